The highest BCUT2D eigenvalue weighted by atomic mass is 35.5. The average Bonchev–Trinajstić information content (AvgIpc) is 2.96. The number of aromatic nitrogens is 2. The molecule has 0 spiro atoms. The monoisotopic (exact) mass is 591 g/mol. The maximum absolute atomic E-state index is 13.5. The van der Waals surface area contributed by atoms with Crippen LogP contribution in [0.1, 0.15) is 29.2 Å². The Labute approximate surface area is 244 Å². The maximum Gasteiger partial charge on any atom is 0.416 e. The predicted molar refractivity (Wildman–Crippen MR) is 158 cm³/mol. The predicted octanol–water partition coefficient (Wildman–Crippen LogP) is 7.90. The third-order valence-corrected chi connectivity index (χ3v) is 6.60. The molecule has 0 amide bonds. The molecule has 5 aromatic rings. The molecule has 10 heteroatoms. The van der Waals surface area contributed by atoms with Crippen molar-refractivity contribution in [2.75, 3.05) is 6.61 Å². The summed E-state index contributed by atoms with van der Waals surface area (Å²) in [5.41, 5.74) is 1.54. The summed E-state index contributed by atoms with van der Waals surface area (Å²) in [6, 6.07) is 22.3. The number of benzene rings is 4. The molecule has 0 aliphatic carbocycles. The van der Waals surface area contributed by atoms with E-state index in [1.54, 1.807) is 36.4 Å². The maximum atomic E-state index is 13.5. The van der Waals surface area contributed by atoms with E-state index in [4.69, 9.17) is 21.1 Å². The van der Waals surface area contributed by atoms with Gasteiger partial charge in [0.2, 0.25) is 0 Å². The van der Waals surface area contributed by atoms with E-state index in [-0.39, 0.29) is 28.4 Å². The van der Waals surface area contributed by atoms with E-state index >= 15 is 0 Å². The van der Waals surface area contributed by atoms with Gasteiger partial charge in [0.05, 0.1) is 34.3 Å². The highest BCUT2D eigenvalue weighted by molar-refractivity contribution is 6.32. The van der Waals surface area contributed by atoms with Gasteiger partial charge >= 0.3 is 6.18 Å². The van der Waals surface area contributed by atoms with Crippen LogP contribution in [0.15, 0.2) is 94.8 Å². The Hall–Kier alpha value is -4.63. The molecule has 0 bridgehead atoms. The van der Waals surface area contributed by atoms with E-state index in [1.165, 1.54) is 18.3 Å². The fraction of sp³-hybridized carbons (Fsp3) is 0.156. The van der Waals surface area contributed by atoms with Crippen LogP contribution in [0.5, 0.6) is 11.5 Å². The molecular weight excluding hydrogens is 567 g/mol. The van der Waals surface area contributed by atoms with Crippen LogP contribution in [0.4, 0.5) is 13.2 Å². The van der Waals surface area contributed by atoms with E-state index in [2.05, 4.69) is 10.1 Å². The van der Waals surface area contributed by atoms with Crippen molar-refractivity contribution in [2.45, 2.75) is 26.6 Å². The lowest BCUT2D eigenvalue weighted by Gasteiger charge is -2.15. The van der Waals surface area contributed by atoms with Gasteiger partial charge in [-0.15, -0.1) is 0 Å². The number of hydrogen-bond donors (Lipinski definition) is 0. The Balaban J connectivity index is 1.56. The van der Waals surface area contributed by atoms with Gasteiger partial charge < -0.3 is 9.47 Å². The summed E-state index contributed by atoms with van der Waals surface area (Å²) >= 11 is 6.59. The largest absolute Gasteiger partial charge is 0.490 e. The van der Waals surface area contributed by atoms with Crippen LogP contribution in [-0.2, 0) is 12.8 Å². The van der Waals surface area contributed by atoms with Crippen LogP contribution in [0.25, 0.3) is 22.3 Å². The highest BCUT2D eigenvalue weighted by Gasteiger charge is 2.31. The molecule has 1 aromatic heterocycles. The van der Waals surface area contributed by atoms with Crippen LogP contribution in [0, 0.1) is 6.92 Å². The van der Waals surface area contributed by atoms with E-state index in [0.717, 1.165) is 27.9 Å². The minimum absolute atomic E-state index is 0.0460. The molecule has 0 radical (unpaired) electrons. The van der Waals surface area contributed by atoms with Crippen molar-refractivity contribution in [1.82, 2.24) is 9.66 Å². The summed E-state index contributed by atoms with van der Waals surface area (Å²) < 4.78 is 53.2. The van der Waals surface area contributed by atoms with E-state index in [0.29, 0.717) is 29.2 Å². The van der Waals surface area contributed by atoms with Crippen molar-refractivity contribution in [3.8, 4) is 22.9 Å². The second-order valence-corrected chi connectivity index (χ2v) is 9.84. The number of ether oxygens (including phenoxy) is 2. The number of halogens is 4. The Morgan fingerprint density at radius 3 is 2.52 bits per heavy atom. The summed E-state index contributed by atoms with van der Waals surface area (Å²) in [6.45, 7) is 4.42. The topological polar surface area (TPSA) is 65.7 Å². The molecule has 1 heterocycles. The molecule has 0 aliphatic heterocycles. The number of nitrogens with zero attached hydrogens (tertiary/aromatic N) is 3. The molecule has 0 atom stereocenters. The third kappa shape index (κ3) is 6.31. The van der Waals surface area contributed by atoms with Crippen molar-refractivity contribution in [3.05, 3.63) is 123 Å². The van der Waals surface area contributed by atoms with Crippen LogP contribution in [0.2, 0.25) is 5.02 Å². The van der Waals surface area contributed by atoms with Crippen molar-refractivity contribution in [3.63, 3.8) is 0 Å². The number of para-hydroxylation sites is 1. The SMILES string of the molecule is CCOc1cc(C=Nn2c(-c3cccc(C(F)(F)F)c3)nc3ccccc3c2=O)cc(Cl)c1OCc1cccc(C)c1. The number of alkyl halides is 3. The van der Waals surface area contributed by atoms with Crippen molar-refractivity contribution >= 4 is 28.7 Å². The molecule has 0 N–H and O–H groups in total. The van der Waals surface area contributed by atoms with Crippen molar-refractivity contribution in [2.24, 2.45) is 5.10 Å². The van der Waals surface area contributed by atoms with Gasteiger partial charge in [-0.25, -0.2) is 4.98 Å². The van der Waals surface area contributed by atoms with Gasteiger partial charge in [-0.1, -0.05) is 65.7 Å². The number of aryl methyl sites for hydroxylation is 1. The second-order valence-electron chi connectivity index (χ2n) is 9.43. The zero-order valence-corrected chi connectivity index (χ0v) is 23.4. The summed E-state index contributed by atoms with van der Waals surface area (Å²) in [5, 5.41) is 4.87. The van der Waals surface area contributed by atoms with Crippen molar-refractivity contribution in [1.29, 1.82) is 0 Å². The number of hydrogen-bond acceptors (Lipinski definition) is 5. The van der Waals surface area contributed by atoms with Crippen molar-refractivity contribution < 1.29 is 22.6 Å². The lowest BCUT2D eigenvalue weighted by atomic mass is 10.1. The Kier molecular flexibility index (Phi) is 8.31. The minimum atomic E-state index is -4.57. The molecular formula is C32H25ClF3N3O3. The van der Waals surface area contributed by atoms with E-state index < -0.39 is 17.3 Å². The van der Waals surface area contributed by atoms with E-state index in [9.17, 15) is 18.0 Å². The minimum Gasteiger partial charge on any atom is -0.490 e. The Bertz CT molecular complexity index is 1850. The van der Waals surface area contributed by atoms with Crippen LogP contribution >= 0.6 is 11.6 Å². The Morgan fingerprint density at radius 1 is 0.976 bits per heavy atom. The Morgan fingerprint density at radius 2 is 1.76 bits per heavy atom. The first-order valence-corrected chi connectivity index (χ1v) is 13.4. The fourth-order valence-corrected chi connectivity index (χ4v) is 4.67. The lowest BCUT2D eigenvalue weighted by Crippen LogP contribution is -2.20. The van der Waals surface area contributed by atoms with Gasteiger partial charge in [-0.3, -0.25) is 4.79 Å². The molecule has 0 aliphatic rings. The van der Waals surface area contributed by atoms with Gasteiger partial charge in [0.15, 0.2) is 17.3 Å². The highest BCUT2D eigenvalue weighted by Crippen LogP contribution is 2.37. The molecule has 0 saturated heterocycles. The smallest absolute Gasteiger partial charge is 0.416 e. The summed E-state index contributed by atoms with van der Waals surface area (Å²) in [5.74, 6) is 0.683. The van der Waals surface area contributed by atoms with Crippen LogP contribution in [-0.4, -0.2) is 22.5 Å². The van der Waals surface area contributed by atoms with Gasteiger partial charge in [0.1, 0.15) is 6.61 Å². The number of rotatable bonds is 8. The van der Waals surface area contributed by atoms with Gasteiger partial charge in [-0.2, -0.15) is 22.9 Å². The van der Waals surface area contributed by atoms with Gasteiger partial charge in [0.25, 0.3) is 5.56 Å². The average molecular weight is 592 g/mol. The molecule has 42 heavy (non-hydrogen) atoms. The number of fused-ring (bicyclic) bond motifs is 1. The first-order valence-electron chi connectivity index (χ1n) is 13.0. The molecule has 4 aromatic carbocycles. The quantitative estimate of drug-likeness (QED) is 0.172. The third-order valence-electron chi connectivity index (χ3n) is 6.32. The first kappa shape index (κ1) is 28.9. The molecule has 214 valence electrons. The molecule has 0 unspecified atom stereocenters. The normalized spacial score (nSPS) is 11.8. The molecule has 0 fully saturated rings. The summed E-state index contributed by atoms with van der Waals surface area (Å²) in [7, 11) is 0. The zero-order chi connectivity index (χ0) is 29.9. The first-order chi connectivity index (χ1) is 20.1. The van der Waals surface area contributed by atoms with Gasteiger partial charge in [-0.05, 0) is 61.4 Å². The standard InChI is InChI=1S/C32H25ClF3N3O3/c1-3-41-28-16-22(15-26(33)29(28)42-19-21-9-6-8-20(2)14-21)18-37-39-30(23-10-7-11-24(17-23)32(34,35)36)38-27-13-5-4-12-25(27)31(39)40/h4-18H,3,19H2,1-2H3. The molecule has 0 saturated carbocycles. The van der Waals surface area contributed by atoms with Crippen LogP contribution < -0.4 is 15.0 Å². The molecule has 5 rings (SSSR count). The van der Waals surface area contributed by atoms with E-state index in [1.807, 2.05) is 38.1 Å². The lowest BCUT2D eigenvalue weighted by molar-refractivity contribution is -0.137. The summed E-state index contributed by atoms with van der Waals surface area (Å²) in [4.78, 5) is 18.0. The van der Waals surface area contributed by atoms with Crippen LogP contribution in [0.3, 0.4) is 0 Å². The zero-order valence-electron chi connectivity index (χ0n) is 22.7. The summed E-state index contributed by atoms with van der Waals surface area (Å²) in [6.07, 6.45) is -3.20. The fourth-order valence-electron chi connectivity index (χ4n) is 4.40. The van der Waals surface area contributed by atoms with Gasteiger partial charge in [0, 0.05) is 5.56 Å². The second kappa shape index (κ2) is 12.1. The molecule has 6 nitrogen and oxygen atoms in total.